The lowest BCUT2D eigenvalue weighted by atomic mass is 10.1. The molecule has 0 aliphatic rings. The maximum atomic E-state index is 14.1. The van der Waals surface area contributed by atoms with Crippen LogP contribution in [0.1, 0.15) is 5.56 Å². The summed E-state index contributed by atoms with van der Waals surface area (Å²) in [4.78, 5) is 8.28. The van der Waals surface area contributed by atoms with Gasteiger partial charge in [-0.05, 0) is 18.2 Å². The third-order valence-electron chi connectivity index (χ3n) is 3.66. The molecule has 2 heterocycles. The van der Waals surface area contributed by atoms with Crippen LogP contribution in [-0.2, 0) is 16.4 Å². The van der Waals surface area contributed by atoms with Gasteiger partial charge in [0.2, 0.25) is 0 Å². The fraction of sp³-hybridized carbons (Fsp3) is 0.125. The van der Waals surface area contributed by atoms with Gasteiger partial charge in [0, 0.05) is 30.1 Å². The van der Waals surface area contributed by atoms with E-state index in [1.165, 1.54) is 30.7 Å². The molecule has 0 amide bonds. The lowest BCUT2D eigenvalue weighted by Crippen LogP contribution is -2.03. The van der Waals surface area contributed by atoms with Crippen LogP contribution in [0.5, 0.6) is 0 Å². The van der Waals surface area contributed by atoms with Crippen LogP contribution in [0.25, 0.3) is 17.1 Å². The van der Waals surface area contributed by atoms with Crippen molar-refractivity contribution in [3.63, 3.8) is 0 Å². The minimum Gasteiger partial charge on any atom is -0.326 e. The molecule has 0 radical (unpaired) electrons. The Balaban J connectivity index is 2.10. The average Bonchev–Trinajstić information content (AvgIpc) is 2.95. The van der Waals surface area contributed by atoms with Crippen LogP contribution in [0, 0.1) is 5.82 Å². The molecule has 3 aromatic rings. The zero-order valence-electron chi connectivity index (χ0n) is 13.1. The molecule has 0 unspecified atom stereocenters. The molecule has 0 saturated heterocycles. The molecule has 0 aliphatic heterocycles. The van der Waals surface area contributed by atoms with Gasteiger partial charge in [-0.2, -0.15) is 0 Å². The summed E-state index contributed by atoms with van der Waals surface area (Å²) < 4.78 is 38.7. The highest BCUT2D eigenvalue weighted by atomic mass is 35.5. The molecular formula is C16H14ClFN4O2S. The van der Waals surface area contributed by atoms with Gasteiger partial charge < -0.3 is 5.73 Å². The predicted molar refractivity (Wildman–Crippen MR) is 92.8 cm³/mol. The van der Waals surface area contributed by atoms with Crippen LogP contribution >= 0.6 is 11.6 Å². The number of benzene rings is 1. The quantitative estimate of drug-likeness (QED) is 0.751. The highest BCUT2D eigenvalue weighted by Gasteiger charge is 2.16. The van der Waals surface area contributed by atoms with Crippen LogP contribution in [0.3, 0.4) is 0 Å². The Kier molecular flexibility index (Phi) is 4.59. The molecular weight excluding hydrogens is 367 g/mol. The summed E-state index contributed by atoms with van der Waals surface area (Å²) >= 11 is 6.16. The van der Waals surface area contributed by atoms with E-state index in [1.54, 1.807) is 16.7 Å². The van der Waals surface area contributed by atoms with Crippen molar-refractivity contribution in [1.82, 2.24) is 14.5 Å². The number of imidazole rings is 1. The first-order valence-electron chi connectivity index (χ1n) is 7.19. The molecule has 2 aromatic heterocycles. The molecule has 0 aliphatic carbocycles. The van der Waals surface area contributed by atoms with E-state index in [2.05, 4.69) is 9.97 Å². The number of halogens is 2. The van der Waals surface area contributed by atoms with Crippen molar-refractivity contribution in [3.05, 3.63) is 59.4 Å². The summed E-state index contributed by atoms with van der Waals surface area (Å²) in [7, 11) is -3.35. The van der Waals surface area contributed by atoms with Crippen LogP contribution in [0.4, 0.5) is 4.39 Å². The highest BCUT2D eigenvalue weighted by molar-refractivity contribution is 7.90. The zero-order valence-corrected chi connectivity index (χ0v) is 14.7. The van der Waals surface area contributed by atoms with Crippen molar-refractivity contribution in [2.75, 3.05) is 6.26 Å². The Labute approximate surface area is 149 Å². The van der Waals surface area contributed by atoms with Gasteiger partial charge in [-0.25, -0.2) is 22.8 Å². The van der Waals surface area contributed by atoms with Crippen molar-refractivity contribution < 1.29 is 12.8 Å². The van der Waals surface area contributed by atoms with Crippen molar-refractivity contribution in [3.8, 4) is 17.1 Å². The highest BCUT2D eigenvalue weighted by Crippen LogP contribution is 2.30. The third-order valence-corrected chi connectivity index (χ3v) is 5.04. The van der Waals surface area contributed by atoms with Gasteiger partial charge in [0.15, 0.2) is 15.0 Å². The number of aromatic nitrogens is 3. The first kappa shape index (κ1) is 17.5. The molecule has 2 N–H and O–H groups in total. The fourth-order valence-electron chi connectivity index (χ4n) is 2.35. The smallest absolute Gasteiger partial charge is 0.177 e. The van der Waals surface area contributed by atoms with E-state index < -0.39 is 15.7 Å². The molecule has 130 valence electrons. The minimum atomic E-state index is -3.35. The second-order valence-electron chi connectivity index (χ2n) is 5.39. The number of rotatable bonds is 4. The van der Waals surface area contributed by atoms with E-state index in [9.17, 15) is 12.8 Å². The summed E-state index contributed by atoms with van der Waals surface area (Å²) in [5, 5.41) is 0.175. The Bertz CT molecular complexity index is 1030. The number of nitrogens with zero attached hydrogens (tertiary/aromatic N) is 3. The summed E-state index contributed by atoms with van der Waals surface area (Å²) in [6.07, 6.45) is 3.79. The summed E-state index contributed by atoms with van der Waals surface area (Å²) in [6, 6.07) is 7.57. The number of hydrogen-bond donors (Lipinski definition) is 1. The van der Waals surface area contributed by atoms with Gasteiger partial charge in [-0.1, -0.05) is 23.7 Å². The van der Waals surface area contributed by atoms with Gasteiger partial charge in [0.25, 0.3) is 0 Å². The van der Waals surface area contributed by atoms with E-state index in [0.29, 0.717) is 22.6 Å². The van der Waals surface area contributed by atoms with E-state index >= 15 is 0 Å². The molecule has 0 fully saturated rings. The average molecular weight is 381 g/mol. The maximum Gasteiger partial charge on any atom is 0.177 e. The van der Waals surface area contributed by atoms with E-state index in [4.69, 9.17) is 17.3 Å². The Hall–Kier alpha value is -2.29. The molecule has 9 heteroatoms. The first-order chi connectivity index (χ1) is 11.8. The summed E-state index contributed by atoms with van der Waals surface area (Å²) in [5.74, 6) is -0.0330. The number of pyridine rings is 1. The second kappa shape index (κ2) is 6.55. The molecule has 0 saturated carbocycles. The monoisotopic (exact) mass is 380 g/mol. The lowest BCUT2D eigenvalue weighted by molar-refractivity contribution is 0.601. The molecule has 0 bridgehead atoms. The van der Waals surface area contributed by atoms with Crippen molar-refractivity contribution in [2.45, 2.75) is 11.4 Å². The normalized spacial score (nSPS) is 11.7. The van der Waals surface area contributed by atoms with Crippen LogP contribution in [0.15, 0.2) is 47.8 Å². The Morgan fingerprint density at radius 1 is 1.24 bits per heavy atom. The SMILES string of the molecule is CS(=O)(=O)c1ccc(-n2cnc(Cl)c2-c2ccc(CN)c(F)c2)nc1. The summed E-state index contributed by atoms with van der Waals surface area (Å²) in [5.41, 5.74) is 6.82. The van der Waals surface area contributed by atoms with Gasteiger partial charge in [0.1, 0.15) is 18.0 Å². The first-order valence-corrected chi connectivity index (χ1v) is 9.46. The summed E-state index contributed by atoms with van der Waals surface area (Å²) in [6.45, 7) is 0.0909. The largest absolute Gasteiger partial charge is 0.326 e. The van der Waals surface area contributed by atoms with Gasteiger partial charge in [0.05, 0.1) is 10.6 Å². The topological polar surface area (TPSA) is 90.9 Å². The van der Waals surface area contributed by atoms with Crippen LogP contribution < -0.4 is 5.73 Å². The lowest BCUT2D eigenvalue weighted by Gasteiger charge is -2.10. The fourth-order valence-corrected chi connectivity index (χ4v) is 3.16. The van der Waals surface area contributed by atoms with E-state index in [1.807, 2.05) is 0 Å². The maximum absolute atomic E-state index is 14.1. The van der Waals surface area contributed by atoms with E-state index in [0.717, 1.165) is 6.26 Å². The molecule has 3 rings (SSSR count). The molecule has 0 spiro atoms. The van der Waals surface area contributed by atoms with E-state index in [-0.39, 0.29) is 16.6 Å². The van der Waals surface area contributed by atoms with Crippen LogP contribution in [-0.4, -0.2) is 29.2 Å². The Morgan fingerprint density at radius 2 is 2.00 bits per heavy atom. The van der Waals surface area contributed by atoms with Gasteiger partial charge in [-0.15, -0.1) is 0 Å². The molecule has 1 aromatic carbocycles. The third kappa shape index (κ3) is 3.41. The molecule has 0 atom stereocenters. The second-order valence-corrected chi connectivity index (χ2v) is 7.76. The Morgan fingerprint density at radius 3 is 2.56 bits per heavy atom. The molecule has 25 heavy (non-hydrogen) atoms. The van der Waals surface area contributed by atoms with Crippen molar-refractivity contribution in [1.29, 1.82) is 0 Å². The van der Waals surface area contributed by atoms with Crippen molar-refractivity contribution >= 4 is 21.4 Å². The predicted octanol–water partition coefficient (Wildman–Crippen LogP) is 2.59. The minimum absolute atomic E-state index is 0.0909. The number of nitrogens with two attached hydrogens (primary N) is 1. The number of sulfone groups is 1. The van der Waals surface area contributed by atoms with Gasteiger partial charge in [-0.3, -0.25) is 4.57 Å². The zero-order chi connectivity index (χ0) is 18.2. The van der Waals surface area contributed by atoms with Crippen LogP contribution in [0.2, 0.25) is 5.15 Å². The van der Waals surface area contributed by atoms with Gasteiger partial charge >= 0.3 is 0 Å². The standard InChI is InChI=1S/C16H14ClFN4O2S/c1-25(23,24)12-4-5-14(20-8-12)22-9-21-16(17)15(22)10-2-3-11(7-19)13(18)6-10/h2-6,8-9H,7,19H2,1H3. The number of hydrogen-bond acceptors (Lipinski definition) is 5. The van der Waals surface area contributed by atoms with Crippen molar-refractivity contribution in [2.24, 2.45) is 5.73 Å². The molecule has 6 nitrogen and oxygen atoms in total.